The van der Waals surface area contributed by atoms with Gasteiger partial charge in [0.2, 0.25) is 0 Å². The van der Waals surface area contributed by atoms with Gasteiger partial charge in [0, 0.05) is 9.79 Å². The van der Waals surface area contributed by atoms with E-state index in [0.29, 0.717) is 0 Å². The van der Waals surface area contributed by atoms with Crippen molar-refractivity contribution in [3.8, 4) is 11.5 Å². The summed E-state index contributed by atoms with van der Waals surface area (Å²) in [7, 11) is 0. The largest absolute Gasteiger partial charge is 0.457 e. The predicted octanol–water partition coefficient (Wildman–Crippen LogP) is 6.36. The molecule has 0 radical (unpaired) electrons. The molecule has 0 aromatic heterocycles. The average molecular weight is 383 g/mol. The van der Waals surface area contributed by atoms with E-state index in [-0.39, 0.29) is 0 Å². The number of rotatable bonds is 4. The molecule has 0 spiro atoms. The third kappa shape index (κ3) is 5.31. The van der Waals surface area contributed by atoms with Crippen LogP contribution in [-0.2, 0) is 4.74 Å². The highest BCUT2D eigenvalue weighted by Gasteiger charge is 2.09. The first-order valence-corrected chi connectivity index (χ1v) is 10.8. The van der Waals surface area contributed by atoms with Crippen molar-refractivity contribution in [2.45, 2.75) is 9.79 Å². The van der Waals surface area contributed by atoms with Crippen LogP contribution in [0.25, 0.3) is 0 Å². The van der Waals surface area contributed by atoms with Crippen molar-refractivity contribution in [2.75, 3.05) is 25.7 Å². The summed E-state index contributed by atoms with van der Waals surface area (Å²) >= 11 is 3.46. The Kier molecular flexibility index (Phi) is 7.06. The molecule has 2 nitrogen and oxygen atoms in total. The summed E-state index contributed by atoms with van der Waals surface area (Å²) in [6.45, 7) is 1.57. The summed E-state index contributed by atoms with van der Waals surface area (Å²) < 4.78 is 11.0. The highest BCUT2D eigenvalue weighted by Crippen LogP contribution is 2.26. The van der Waals surface area contributed by atoms with E-state index < -0.39 is 0 Å². The van der Waals surface area contributed by atoms with Crippen molar-refractivity contribution in [1.82, 2.24) is 0 Å². The van der Waals surface area contributed by atoms with E-state index in [9.17, 15) is 0 Å². The lowest BCUT2D eigenvalue weighted by atomic mass is 10.1. The zero-order valence-electron chi connectivity index (χ0n) is 15.0. The summed E-state index contributed by atoms with van der Waals surface area (Å²) in [5.74, 6) is 1.75. The van der Waals surface area contributed by atoms with E-state index in [4.69, 9.17) is 9.47 Å². The minimum atomic E-state index is 0.775. The van der Waals surface area contributed by atoms with E-state index in [1.807, 2.05) is 24.3 Å². The third-order valence-corrected chi connectivity index (χ3v) is 5.46. The fourth-order valence-corrected chi connectivity index (χ4v) is 3.36. The lowest BCUT2D eigenvalue weighted by molar-refractivity contribution is 0.181. The Bertz CT molecular complexity index is 758. The summed E-state index contributed by atoms with van der Waals surface area (Å²) in [6.07, 6.45) is 12.5. The topological polar surface area (TPSA) is 18.5 Å². The zero-order valence-corrected chi connectivity index (χ0v) is 16.6. The maximum Gasteiger partial charge on any atom is 0.127 e. The quantitative estimate of drug-likeness (QED) is 0.572. The summed E-state index contributed by atoms with van der Waals surface area (Å²) in [6, 6.07) is 16.2. The molecular formula is C22H22O2S2. The van der Waals surface area contributed by atoms with Gasteiger partial charge in [-0.3, -0.25) is 0 Å². The SMILES string of the molecule is C1=CC2=CCOCC2=C1.CSc1ccc(Oc2ccc(SC)cc2)cc1. The van der Waals surface area contributed by atoms with Gasteiger partial charge in [0.05, 0.1) is 13.2 Å². The van der Waals surface area contributed by atoms with Gasteiger partial charge in [-0.05, 0) is 72.2 Å². The van der Waals surface area contributed by atoms with Crippen molar-refractivity contribution < 1.29 is 9.47 Å². The first-order chi connectivity index (χ1) is 12.8. The molecule has 0 amide bonds. The number of fused-ring (bicyclic) bond motifs is 1. The number of hydrogen-bond donors (Lipinski definition) is 0. The molecule has 0 saturated heterocycles. The molecule has 2 aromatic rings. The second-order valence-electron chi connectivity index (χ2n) is 5.68. The van der Waals surface area contributed by atoms with Gasteiger partial charge in [-0.25, -0.2) is 0 Å². The van der Waals surface area contributed by atoms with Crippen molar-refractivity contribution in [1.29, 1.82) is 0 Å². The molecule has 0 unspecified atom stereocenters. The van der Waals surface area contributed by atoms with Crippen molar-refractivity contribution >= 4 is 23.5 Å². The van der Waals surface area contributed by atoms with E-state index in [1.165, 1.54) is 20.9 Å². The monoisotopic (exact) mass is 382 g/mol. The standard InChI is InChI=1S/C14H14OS2.C8H8O/c1-16-13-7-3-11(4-8-13)15-12-5-9-14(17-2)10-6-12;1-2-7-4-5-9-6-8(7)3-1/h3-10H,1-2H3;1-4H,5-6H2. The van der Waals surface area contributed by atoms with Crippen molar-refractivity contribution in [3.05, 3.63) is 84.0 Å². The lowest BCUT2D eigenvalue weighted by Gasteiger charge is -2.10. The van der Waals surface area contributed by atoms with E-state index >= 15 is 0 Å². The smallest absolute Gasteiger partial charge is 0.127 e. The van der Waals surface area contributed by atoms with E-state index in [0.717, 1.165) is 24.7 Å². The molecule has 0 saturated carbocycles. The van der Waals surface area contributed by atoms with Crippen LogP contribution in [0, 0.1) is 0 Å². The Balaban J connectivity index is 0.000000181. The summed E-state index contributed by atoms with van der Waals surface area (Å²) in [5.41, 5.74) is 2.67. The Labute approximate surface area is 164 Å². The molecule has 1 heterocycles. The molecule has 1 aliphatic carbocycles. The van der Waals surface area contributed by atoms with Crippen LogP contribution in [0.5, 0.6) is 11.5 Å². The first kappa shape index (κ1) is 18.9. The second-order valence-corrected chi connectivity index (χ2v) is 7.44. The lowest BCUT2D eigenvalue weighted by Crippen LogP contribution is -2.04. The normalized spacial score (nSPS) is 14.7. The maximum atomic E-state index is 5.76. The molecule has 2 aromatic carbocycles. The van der Waals surface area contributed by atoms with Crippen molar-refractivity contribution in [2.24, 2.45) is 0 Å². The van der Waals surface area contributed by atoms with Gasteiger partial charge in [-0.1, -0.05) is 24.3 Å². The molecule has 4 rings (SSSR count). The predicted molar refractivity (Wildman–Crippen MR) is 113 cm³/mol. The average Bonchev–Trinajstić information content (AvgIpc) is 3.18. The highest BCUT2D eigenvalue weighted by molar-refractivity contribution is 7.98. The van der Waals surface area contributed by atoms with Crippen LogP contribution < -0.4 is 4.74 Å². The number of allylic oxidation sites excluding steroid dienone is 3. The van der Waals surface area contributed by atoms with Crippen LogP contribution in [-0.4, -0.2) is 25.7 Å². The molecule has 0 bridgehead atoms. The number of thioether (sulfide) groups is 2. The molecule has 0 atom stereocenters. The molecule has 134 valence electrons. The van der Waals surface area contributed by atoms with E-state index in [2.05, 4.69) is 61.1 Å². The highest BCUT2D eigenvalue weighted by atomic mass is 32.2. The number of ether oxygens (including phenoxy) is 2. The van der Waals surface area contributed by atoms with Gasteiger partial charge in [0.25, 0.3) is 0 Å². The van der Waals surface area contributed by atoms with Crippen LogP contribution in [0.4, 0.5) is 0 Å². The Morgan fingerprint density at radius 1 is 0.846 bits per heavy atom. The Hall–Kier alpha value is -1.88. The maximum absolute atomic E-state index is 5.76. The van der Waals surface area contributed by atoms with Crippen molar-refractivity contribution in [3.63, 3.8) is 0 Å². The van der Waals surface area contributed by atoms with Crippen LogP contribution in [0.15, 0.2) is 93.8 Å². The molecule has 0 fully saturated rings. The fourth-order valence-electron chi connectivity index (χ4n) is 2.54. The molecule has 1 aliphatic heterocycles. The first-order valence-electron chi connectivity index (χ1n) is 8.40. The number of hydrogen-bond acceptors (Lipinski definition) is 4. The van der Waals surface area contributed by atoms with Gasteiger partial charge < -0.3 is 9.47 Å². The van der Waals surface area contributed by atoms with Gasteiger partial charge in [-0.15, -0.1) is 23.5 Å². The van der Waals surface area contributed by atoms with Gasteiger partial charge >= 0.3 is 0 Å². The van der Waals surface area contributed by atoms with Gasteiger partial charge in [0.15, 0.2) is 0 Å². The molecule has 2 aliphatic rings. The van der Waals surface area contributed by atoms with Gasteiger partial charge in [-0.2, -0.15) is 0 Å². The molecule has 0 N–H and O–H groups in total. The Morgan fingerprint density at radius 2 is 1.42 bits per heavy atom. The fraction of sp³-hybridized carbons (Fsp3) is 0.182. The minimum Gasteiger partial charge on any atom is -0.457 e. The number of benzene rings is 2. The molecule has 4 heteroatoms. The van der Waals surface area contributed by atoms with Crippen LogP contribution in [0.2, 0.25) is 0 Å². The van der Waals surface area contributed by atoms with Crippen LogP contribution in [0.3, 0.4) is 0 Å². The zero-order chi connectivity index (χ0) is 18.2. The second kappa shape index (κ2) is 9.72. The van der Waals surface area contributed by atoms with E-state index in [1.54, 1.807) is 23.5 Å². The van der Waals surface area contributed by atoms with Gasteiger partial charge in [0.1, 0.15) is 11.5 Å². The summed E-state index contributed by atoms with van der Waals surface area (Å²) in [5, 5.41) is 0. The Morgan fingerprint density at radius 3 is 1.92 bits per heavy atom. The third-order valence-electron chi connectivity index (χ3n) is 3.98. The molecular weight excluding hydrogens is 360 g/mol. The summed E-state index contributed by atoms with van der Waals surface area (Å²) in [4.78, 5) is 2.49. The minimum absolute atomic E-state index is 0.775. The van der Waals surface area contributed by atoms with Crippen LogP contribution >= 0.6 is 23.5 Å². The van der Waals surface area contributed by atoms with Crippen LogP contribution in [0.1, 0.15) is 0 Å². The molecule has 26 heavy (non-hydrogen) atoms.